The summed E-state index contributed by atoms with van der Waals surface area (Å²) in [5, 5.41) is 8.85. The van der Waals surface area contributed by atoms with Gasteiger partial charge in [0, 0.05) is 6.20 Å². The first kappa shape index (κ1) is 7.52. The molecule has 0 aliphatic rings. The number of nitriles is 1. The standard InChI is InChI=1S/C6H2BrClN2/c7-6-5(8)1-4(2-9)3-10-6/h1,3H. The van der Waals surface area contributed by atoms with E-state index in [9.17, 15) is 0 Å². The Bertz CT molecular complexity index is 292. The molecule has 0 saturated heterocycles. The van der Waals surface area contributed by atoms with Gasteiger partial charge in [0.25, 0.3) is 0 Å². The van der Waals surface area contributed by atoms with Gasteiger partial charge in [0.1, 0.15) is 10.7 Å². The van der Waals surface area contributed by atoms with Gasteiger partial charge in [-0.3, -0.25) is 0 Å². The van der Waals surface area contributed by atoms with Crippen LogP contribution < -0.4 is 0 Å². The molecule has 50 valence electrons. The Morgan fingerprint density at radius 1 is 1.70 bits per heavy atom. The lowest BCUT2D eigenvalue weighted by Gasteiger charge is -1.92. The lowest BCUT2D eigenvalue weighted by atomic mass is 10.3. The van der Waals surface area contributed by atoms with Crippen molar-refractivity contribution in [3.8, 4) is 6.07 Å². The molecular weight excluding hydrogens is 215 g/mol. The molecule has 1 rings (SSSR count). The summed E-state index contributed by atoms with van der Waals surface area (Å²) in [7, 11) is 0. The van der Waals surface area contributed by atoms with Gasteiger partial charge in [-0.25, -0.2) is 4.98 Å². The van der Waals surface area contributed by atoms with Crippen molar-refractivity contribution in [3.05, 3.63) is 27.5 Å². The molecule has 10 heavy (non-hydrogen) atoms. The van der Waals surface area contributed by atoms with Crippen LogP contribution in [0, 0.1) is 11.3 Å². The zero-order valence-corrected chi connectivity index (χ0v) is 7.15. The highest BCUT2D eigenvalue weighted by atomic mass is 79.9. The highest BCUT2D eigenvalue weighted by Crippen LogP contribution is 2.19. The van der Waals surface area contributed by atoms with Gasteiger partial charge in [0.15, 0.2) is 0 Å². The minimum absolute atomic E-state index is 0.457. The van der Waals surface area contributed by atoms with Crippen LogP contribution in [0.3, 0.4) is 0 Å². The van der Waals surface area contributed by atoms with Crippen LogP contribution in [0.1, 0.15) is 5.56 Å². The Kier molecular flexibility index (Phi) is 2.25. The van der Waals surface area contributed by atoms with Crippen LogP contribution in [0.25, 0.3) is 0 Å². The number of nitrogens with zero attached hydrogens (tertiary/aromatic N) is 2. The van der Waals surface area contributed by atoms with Crippen LogP contribution in [0.15, 0.2) is 16.9 Å². The van der Waals surface area contributed by atoms with E-state index in [2.05, 4.69) is 20.9 Å². The summed E-state index contributed by atoms with van der Waals surface area (Å²) in [4.78, 5) is 3.81. The van der Waals surface area contributed by atoms with Crippen LogP contribution in [0.4, 0.5) is 0 Å². The Balaban J connectivity index is 3.20. The molecule has 0 unspecified atom stereocenters. The highest BCUT2D eigenvalue weighted by Gasteiger charge is 1.97. The van der Waals surface area contributed by atoms with Crippen molar-refractivity contribution >= 4 is 27.5 Å². The predicted octanol–water partition coefficient (Wildman–Crippen LogP) is 2.37. The quantitative estimate of drug-likeness (QED) is 0.626. The van der Waals surface area contributed by atoms with E-state index < -0.39 is 0 Å². The lowest BCUT2D eigenvalue weighted by molar-refractivity contribution is 1.26. The van der Waals surface area contributed by atoms with Crippen molar-refractivity contribution < 1.29 is 0 Å². The first-order chi connectivity index (χ1) is 4.74. The van der Waals surface area contributed by atoms with E-state index in [0.717, 1.165) is 0 Å². The van der Waals surface area contributed by atoms with E-state index in [1.807, 2.05) is 6.07 Å². The molecule has 4 heteroatoms. The zero-order valence-electron chi connectivity index (χ0n) is 4.81. The van der Waals surface area contributed by atoms with Crippen LogP contribution in [0.5, 0.6) is 0 Å². The van der Waals surface area contributed by atoms with Crippen molar-refractivity contribution in [2.45, 2.75) is 0 Å². The topological polar surface area (TPSA) is 36.7 Å². The van der Waals surface area contributed by atoms with Gasteiger partial charge < -0.3 is 0 Å². The van der Waals surface area contributed by atoms with E-state index in [4.69, 9.17) is 16.9 Å². The lowest BCUT2D eigenvalue weighted by Crippen LogP contribution is -1.79. The second kappa shape index (κ2) is 3.00. The van der Waals surface area contributed by atoms with E-state index in [1.165, 1.54) is 6.20 Å². The molecule has 1 aromatic heterocycles. The van der Waals surface area contributed by atoms with Crippen molar-refractivity contribution in [1.29, 1.82) is 5.26 Å². The first-order valence-corrected chi connectivity index (χ1v) is 3.62. The summed E-state index contributed by atoms with van der Waals surface area (Å²) >= 11 is 8.74. The molecule has 1 aromatic rings. The van der Waals surface area contributed by atoms with Crippen LogP contribution in [0.2, 0.25) is 5.02 Å². The Morgan fingerprint density at radius 2 is 2.40 bits per heavy atom. The van der Waals surface area contributed by atoms with Gasteiger partial charge in [-0.15, -0.1) is 0 Å². The SMILES string of the molecule is N#Cc1cnc(Br)c(Cl)c1. The number of halogens is 2. The van der Waals surface area contributed by atoms with Crippen LogP contribution >= 0.6 is 27.5 Å². The Morgan fingerprint density at radius 3 is 2.90 bits per heavy atom. The maximum absolute atomic E-state index is 8.39. The second-order valence-corrected chi connectivity index (χ2v) is 2.77. The second-order valence-electron chi connectivity index (χ2n) is 1.61. The molecule has 1 heterocycles. The minimum Gasteiger partial charge on any atom is -0.246 e. The number of aromatic nitrogens is 1. The average molecular weight is 217 g/mol. The van der Waals surface area contributed by atoms with E-state index >= 15 is 0 Å². The van der Waals surface area contributed by atoms with Gasteiger partial charge >= 0.3 is 0 Å². The molecule has 0 bridgehead atoms. The van der Waals surface area contributed by atoms with Gasteiger partial charge in [0.05, 0.1) is 10.6 Å². The summed E-state index contributed by atoms with van der Waals surface area (Å²) < 4.78 is 0.563. The van der Waals surface area contributed by atoms with Crippen molar-refractivity contribution in [2.75, 3.05) is 0 Å². The largest absolute Gasteiger partial charge is 0.246 e. The predicted molar refractivity (Wildman–Crippen MR) is 41.7 cm³/mol. The van der Waals surface area contributed by atoms with Gasteiger partial charge in [0.2, 0.25) is 0 Å². The average Bonchev–Trinajstić information content (AvgIpc) is 1.95. The Labute approximate surface area is 71.6 Å². The van der Waals surface area contributed by atoms with Gasteiger partial charge in [-0.05, 0) is 22.0 Å². The van der Waals surface area contributed by atoms with E-state index in [-0.39, 0.29) is 0 Å². The monoisotopic (exact) mass is 216 g/mol. The maximum atomic E-state index is 8.39. The maximum Gasteiger partial charge on any atom is 0.124 e. The molecule has 0 radical (unpaired) electrons. The summed E-state index contributed by atoms with van der Waals surface area (Å²) in [5.41, 5.74) is 0.466. The fourth-order valence-electron chi connectivity index (χ4n) is 0.482. The Hall–Kier alpha value is -0.590. The number of hydrogen-bond acceptors (Lipinski definition) is 2. The summed E-state index contributed by atoms with van der Waals surface area (Å²) in [6.07, 6.45) is 1.45. The molecule has 0 N–H and O–H groups in total. The molecule has 0 aliphatic carbocycles. The van der Waals surface area contributed by atoms with Crippen LogP contribution in [-0.4, -0.2) is 4.98 Å². The van der Waals surface area contributed by atoms with Gasteiger partial charge in [-0.2, -0.15) is 5.26 Å². The molecule has 2 nitrogen and oxygen atoms in total. The molecule has 0 aliphatic heterocycles. The summed E-state index contributed by atoms with van der Waals surface area (Å²) in [6, 6.07) is 3.48. The normalized spacial score (nSPS) is 8.90. The summed E-state index contributed by atoms with van der Waals surface area (Å²) in [5.74, 6) is 0. The smallest absolute Gasteiger partial charge is 0.124 e. The van der Waals surface area contributed by atoms with Crippen molar-refractivity contribution in [3.63, 3.8) is 0 Å². The van der Waals surface area contributed by atoms with Crippen molar-refractivity contribution in [2.24, 2.45) is 0 Å². The van der Waals surface area contributed by atoms with E-state index in [0.29, 0.717) is 15.2 Å². The van der Waals surface area contributed by atoms with E-state index in [1.54, 1.807) is 6.07 Å². The van der Waals surface area contributed by atoms with Gasteiger partial charge in [-0.1, -0.05) is 11.6 Å². The fourth-order valence-corrected chi connectivity index (χ4v) is 0.866. The minimum atomic E-state index is 0.457. The molecule has 0 amide bonds. The number of pyridine rings is 1. The molecule has 0 spiro atoms. The number of rotatable bonds is 0. The first-order valence-electron chi connectivity index (χ1n) is 2.45. The summed E-state index contributed by atoms with van der Waals surface area (Å²) in [6.45, 7) is 0. The molecule has 0 atom stereocenters. The molecular formula is C6H2BrClN2. The molecule has 0 saturated carbocycles. The third-order valence-electron chi connectivity index (χ3n) is 0.925. The number of hydrogen-bond donors (Lipinski definition) is 0. The highest BCUT2D eigenvalue weighted by molar-refractivity contribution is 9.10. The third-order valence-corrected chi connectivity index (χ3v) is 2.07. The van der Waals surface area contributed by atoms with Crippen molar-refractivity contribution in [1.82, 2.24) is 4.98 Å². The molecule has 0 fully saturated rings. The fraction of sp³-hybridized carbons (Fsp3) is 0. The third kappa shape index (κ3) is 1.47. The zero-order chi connectivity index (χ0) is 7.56. The van der Waals surface area contributed by atoms with Crippen LogP contribution in [-0.2, 0) is 0 Å². The molecule has 0 aromatic carbocycles.